The lowest BCUT2D eigenvalue weighted by atomic mass is 10.1. The van der Waals surface area contributed by atoms with Crippen LogP contribution in [0.2, 0.25) is 5.02 Å². The molecule has 1 saturated heterocycles. The third-order valence-corrected chi connectivity index (χ3v) is 9.32. The van der Waals surface area contributed by atoms with Gasteiger partial charge in [-0.3, -0.25) is 14.5 Å². The van der Waals surface area contributed by atoms with Crippen LogP contribution in [-0.4, -0.2) is 77.3 Å². The normalized spacial score (nSPS) is 15.2. The van der Waals surface area contributed by atoms with Crippen LogP contribution in [0.1, 0.15) is 30.9 Å². The Morgan fingerprint density at radius 2 is 1.88 bits per heavy atom. The van der Waals surface area contributed by atoms with Crippen molar-refractivity contribution in [3.8, 4) is 5.75 Å². The van der Waals surface area contributed by atoms with E-state index < -0.39 is 31.8 Å². The number of amidine groups is 1. The van der Waals surface area contributed by atoms with Crippen molar-refractivity contribution in [1.29, 1.82) is 5.41 Å². The predicted molar refractivity (Wildman–Crippen MR) is 156 cm³/mol. The number of sulfonamides is 2. The minimum absolute atomic E-state index is 0.0434. The lowest BCUT2D eigenvalue weighted by Gasteiger charge is -2.31. The summed E-state index contributed by atoms with van der Waals surface area (Å²) in [6.45, 7) is 2.18. The average Bonchev–Trinajstić information content (AvgIpc) is 2.87. The van der Waals surface area contributed by atoms with Crippen LogP contribution in [0, 0.1) is 5.41 Å². The van der Waals surface area contributed by atoms with Gasteiger partial charge in [0.15, 0.2) is 5.75 Å². The molecule has 0 radical (unpaired) electrons. The predicted octanol–water partition coefficient (Wildman–Crippen LogP) is 2.84. The first-order chi connectivity index (χ1) is 18.8. The summed E-state index contributed by atoms with van der Waals surface area (Å²) in [5, 5.41) is 7.76. The Kier molecular flexibility index (Phi) is 10.6. The zero-order valence-corrected chi connectivity index (χ0v) is 24.6. The SMILES string of the molecule is CCOC(=O)CS(=O)(=O)N(CC=Cc1cccc(C(=N)N)c1)c1ccc(OC2CCN(S(C)(=O)=O)CC2)c(Cl)c1. The zero-order valence-electron chi connectivity index (χ0n) is 22.2. The molecule has 1 aliphatic heterocycles. The van der Waals surface area contributed by atoms with Gasteiger partial charge in [-0.25, -0.2) is 21.1 Å². The second kappa shape index (κ2) is 13.5. The maximum absolute atomic E-state index is 13.2. The van der Waals surface area contributed by atoms with Gasteiger partial charge < -0.3 is 15.2 Å². The molecule has 0 saturated carbocycles. The Morgan fingerprint density at radius 1 is 1.18 bits per heavy atom. The highest BCUT2D eigenvalue weighted by atomic mass is 35.5. The first-order valence-corrected chi connectivity index (χ1v) is 16.3. The maximum Gasteiger partial charge on any atom is 0.323 e. The van der Waals surface area contributed by atoms with Crippen molar-refractivity contribution in [2.75, 3.05) is 42.6 Å². The molecule has 0 aliphatic carbocycles. The van der Waals surface area contributed by atoms with Crippen LogP contribution in [0.3, 0.4) is 0 Å². The summed E-state index contributed by atoms with van der Waals surface area (Å²) in [5.74, 6) is -1.49. The van der Waals surface area contributed by atoms with Crippen molar-refractivity contribution < 1.29 is 31.1 Å². The molecule has 0 atom stereocenters. The molecule has 0 aromatic heterocycles. The number of ether oxygens (including phenoxy) is 2. The van der Waals surface area contributed by atoms with Crippen molar-refractivity contribution in [2.45, 2.75) is 25.9 Å². The third-order valence-electron chi connectivity index (χ3n) is 6.09. The number of rotatable bonds is 12. The Balaban J connectivity index is 1.82. The summed E-state index contributed by atoms with van der Waals surface area (Å²) in [5.41, 5.74) is 7.00. The van der Waals surface area contributed by atoms with Crippen molar-refractivity contribution in [3.05, 3.63) is 64.7 Å². The van der Waals surface area contributed by atoms with Crippen molar-refractivity contribution >= 4 is 55.2 Å². The van der Waals surface area contributed by atoms with Gasteiger partial charge in [0.1, 0.15) is 17.7 Å². The third kappa shape index (κ3) is 8.68. The van der Waals surface area contributed by atoms with E-state index in [2.05, 4.69) is 0 Å². The van der Waals surface area contributed by atoms with Gasteiger partial charge in [0.05, 0.1) is 30.1 Å². The van der Waals surface area contributed by atoms with Gasteiger partial charge in [0, 0.05) is 18.7 Å². The molecule has 218 valence electrons. The van der Waals surface area contributed by atoms with E-state index in [9.17, 15) is 21.6 Å². The molecule has 11 nitrogen and oxygen atoms in total. The van der Waals surface area contributed by atoms with Gasteiger partial charge in [-0.2, -0.15) is 0 Å². The molecule has 0 unspecified atom stereocenters. The van der Waals surface area contributed by atoms with Gasteiger partial charge >= 0.3 is 5.97 Å². The van der Waals surface area contributed by atoms with Gasteiger partial charge in [0.25, 0.3) is 0 Å². The standard InChI is InChI=1S/C26H33ClN4O7S2/c1-3-37-25(32)18-40(35,36)31(13-5-7-19-6-4-8-20(16-19)26(28)29)21-9-10-24(23(27)17-21)38-22-11-14-30(15-12-22)39(2,33)34/h4-10,16-17,22H,3,11-15,18H2,1-2H3,(H3,28,29). The van der Waals surface area contributed by atoms with Crippen LogP contribution in [0.15, 0.2) is 48.5 Å². The molecule has 1 heterocycles. The molecule has 3 N–H and O–H groups in total. The van der Waals surface area contributed by atoms with E-state index in [0.29, 0.717) is 42.8 Å². The van der Waals surface area contributed by atoms with Crippen LogP contribution in [-0.2, 0) is 29.6 Å². The fourth-order valence-electron chi connectivity index (χ4n) is 4.11. The first-order valence-electron chi connectivity index (χ1n) is 12.5. The maximum atomic E-state index is 13.2. The smallest absolute Gasteiger partial charge is 0.323 e. The number of carbonyl (C=O) groups is 1. The monoisotopic (exact) mass is 612 g/mol. The van der Waals surface area contributed by atoms with Gasteiger partial charge in [-0.05, 0) is 49.6 Å². The van der Waals surface area contributed by atoms with Crippen molar-refractivity contribution in [1.82, 2.24) is 4.31 Å². The summed E-state index contributed by atoms with van der Waals surface area (Å²) in [6, 6.07) is 11.4. The molecular formula is C26H33ClN4O7S2. The van der Waals surface area contributed by atoms with E-state index in [1.165, 1.54) is 22.7 Å². The number of esters is 1. The fourth-order valence-corrected chi connectivity index (χ4v) is 6.48. The Hall–Kier alpha value is -3.13. The molecule has 14 heteroatoms. The highest BCUT2D eigenvalue weighted by Gasteiger charge is 2.28. The van der Waals surface area contributed by atoms with E-state index in [1.54, 1.807) is 49.4 Å². The molecule has 2 aromatic carbocycles. The van der Waals surface area contributed by atoms with E-state index in [-0.39, 0.29) is 35.8 Å². The van der Waals surface area contributed by atoms with E-state index in [4.69, 9.17) is 32.2 Å². The molecule has 1 aliphatic rings. The molecule has 40 heavy (non-hydrogen) atoms. The summed E-state index contributed by atoms with van der Waals surface area (Å²) in [4.78, 5) is 12.1. The lowest BCUT2D eigenvalue weighted by molar-refractivity contribution is -0.139. The minimum Gasteiger partial charge on any atom is -0.489 e. The molecule has 1 fully saturated rings. The number of carbonyl (C=O) groups excluding carboxylic acids is 1. The van der Waals surface area contributed by atoms with Crippen LogP contribution < -0.4 is 14.8 Å². The number of hydrogen-bond donors (Lipinski definition) is 2. The number of halogens is 1. The van der Waals surface area contributed by atoms with Crippen LogP contribution >= 0.6 is 11.6 Å². The number of piperidine rings is 1. The second-order valence-electron chi connectivity index (χ2n) is 9.13. The Bertz CT molecular complexity index is 1470. The number of anilines is 1. The highest BCUT2D eigenvalue weighted by molar-refractivity contribution is 7.93. The summed E-state index contributed by atoms with van der Waals surface area (Å²) < 4.78 is 63.3. The minimum atomic E-state index is -4.16. The number of benzene rings is 2. The van der Waals surface area contributed by atoms with E-state index >= 15 is 0 Å². The largest absolute Gasteiger partial charge is 0.489 e. The van der Waals surface area contributed by atoms with Gasteiger partial charge in [-0.1, -0.05) is 42.0 Å². The average molecular weight is 613 g/mol. The Labute approximate surface area is 240 Å². The second-order valence-corrected chi connectivity index (χ2v) is 13.4. The fraction of sp³-hybridized carbons (Fsp3) is 0.385. The lowest BCUT2D eigenvalue weighted by Crippen LogP contribution is -2.41. The quantitative estimate of drug-likeness (QED) is 0.210. The number of nitrogens with zero attached hydrogens (tertiary/aromatic N) is 2. The number of nitrogens with one attached hydrogen (secondary N) is 1. The molecule has 2 aromatic rings. The topological polar surface area (TPSA) is 160 Å². The number of hydrogen-bond acceptors (Lipinski definition) is 8. The summed E-state index contributed by atoms with van der Waals surface area (Å²) in [6.07, 6.45) is 5.18. The van der Waals surface area contributed by atoms with E-state index in [0.717, 1.165) is 4.31 Å². The number of nitrogens with two attached hydrogens (primary N) is 1. The molecule has 0 amide bonds. The molecule has 0 bridgehead atoms. The molecular weight excluding hydrogens is 580 g/mol. The summed E-state index contributed by atoms with van der Waals surface area (Å²) >= 11 is 6.48. The first kappa shape index (κ1) is 31.4. The van der Waals surface area contributed by atoms with Gasteiger partial charge in [-0.15, -0.1) is 0 Å². The van der Waals surface area contributed by atoms with Gasteiger partial charge in [0.2, 0.25) is 20.0 Å². The van der Waals surface area contributed by atoms with E-state index in [1.807, 2.05) is 0 Å². The molecule has 0 spiro atoms. The van der Waals surface area contributed by atoms with Crippen molar-refractivity contribution in [3.63, 3.8) is 0 Å². The van der Waals surface area contributed by atoms with Crippen molar-refractivity contribution in [2.24, 2.45) is 5.73 Å². The number of nitrogen functional groups attached to an aromatic ring is 1. The highest BCUT2D eigenvalue weighted by Crippen LogP contribution is 2.33. The van der Waals surface area contributed by atoms with Crippen LogP contribution in [0.25, 0.3) is 6.08 Å². The van der Waals surface area contributed by atoms with Crippen LogP contribution in [0.4, 0.5) is 5.69 Å². The van der Waals surface area contributed by atoms with Crippen LogP contribution in [0.5, 0.6) is 5.75 Å². The molecule has 3 rings (SSSR count). The Morgan fingerprint density at radius 3 is 2.48 bits per heavy atom. The zero-order chi connectivity index (χ0) is 29.5. The summed E-state index contributed by atoms with van der Waals surface area (Å²) in [7, 11) is -7.43.